The minimum atomic E-state index is 0.448. The maximum absolute atomic E-state index is 6.10. The van der Waals surface area contributed by atoms with Crippen molar-refractivity contribution in [3.63, 3.8) is 0 Å². The lowest BCUT2D eigenvalue weighted by atomic mass is 10.0. The number of ether oxygens (including phenoxy) is 1. The zero-order valence-electron chi connectivity index (χ0n) is 11.6. The molecule has 0 radical (unpaired) electrons. The number of hydrogen-bond donors (Lipinski definition) is 1. The number of anilines is 1. The number of fused-ring (bicyclic) bond motifs is 1. The van der Waals surface area contributed by atoms with E-state index in [9.17, 15) is 0 Å². The van der Waals surface area contributed by atoms with E-state index in [4.69, 9.17) is 10.5 Å². The Hall–Kier alpha value is -1.71. The van der Waals surface area contributed by atoms with E-state index in [0.29, 0.717) is 18.0 Å². The molecule has 0 atom stereocenters. The third-order valence-electron chi connectivity index (χ3n) is 4.27. The fourth-order valence-corrected chi connectivity index (χ4v) is 2.71. The molecule has 1 fully saturated rings. The van der Waals surface area contributed by atoms with Crippen molar-refractivity contribution in [2.75, 3.05) is 12.3 Å². The molecule has 1 aliphatic carbocycles. The minimum absolute atomic E-state index is 0.448. The summed E-state index contributed by atoms with van der Waals surface area (Å²) in [5.41, 5.74) is 8.52. The Morgan fingerprint density at radius 3 is 2.79 bits per heavy atom. The van der Waals surface area contributed by atoms with Crippen molar-refractivity contribution in [3.05, 3.63) is 18.2 Å². The molecule has 0 amide bonds. The van der Waals surface area contributed by atoms with Crippen LogP contribution in [0, 0.1) is 5.41 Å². The summed E-state index contributed by atoms with van der Waals surface area (Å²) in [4.78, 5) is 4.49. The molecular formula is C15H21N3O. The molecule has 0 aliphatic heterocycles. The van der Waals surface area contributed by atoms with Crippen LogP contribution in [0.25, 0.3) is 11.0 Å². The van der Waals surface area contributed by atoms with Crippen LogP contribution in [0.1, 0.15) is 33.1 Å². The standard InChI is InChI=1S/C15H21N3O/c1-3-15(8-9-15)10-18-11-6-5-7-12(19-4-2)13(11)17-14(18)16/h5-7H,3-4,8-10H2,1-2H3,(H2,16,17). The summed E-state index contributed by atoms with van der Waals surface area (Å²) in [6.07, 6.45) is 3.80. The molecule has 102 valence electrons. The van der Waals surface area contributed by atoms with E-state index in [1.165, 1.54) is 19.3 Å². The van der Waals surface area contributed by atoms with Gasteiger partial charge in [-0.3, -0.25) is 0 Å². The van der Waals surface area contributed by atoms with Gasteiger partial charge in [-0.05, 0) is 43.7 Å². The molecular weight excluding hydrogens is 238 g/mol. The molecule has 1 saturated carbocycles. The molecule has 1 aromatic carbocycles. The number of aromatic nitrogens is 2. The van der Waals surface area contributed by atoms with Crippen molar-refractivity contribution in [2.24, 2.45) is 5.41 Å². The predicted octanol–water partition coefficient (Wildman–Crippen LogP) is 3.21. The van der Waals surface area contributed by atoms with Crippen LogP contribution in [0.4, 0.5) is 5.95 Å². The summed E-state index contributed by atoms with van der Waals surface area (Å²) < 4.78 is 7.78. The van der Waals surface area contributed by atoms with E-state index >= 15 is 0 Å². The molecule has 4 nitrogen and oxygen atoms in total. The lowest BCUT2D eigenvalue weighted by molar-refractivity contribution is 0.343. The van der Waals surface area contributed by atoms with Crippen LogP contribution in [0.15, 0.2) is 18.2 Å². The average molecular weight is 259 g/mol. The SMILES string of the molecule is CCOc1cccc2c1nc(N)n2CC1(CC)CC1. The number of hydrogen-bond acceptors (Lipinski definition) is 3. The second-order valence-electron chi connectivity index (χ2n) is 5.47. The van der Waals surface area contributed by atoms with Gasteiger partial charge in [0.05, 0.1) is 12.1 Å². The lowest BCUT2D eigenvalue weighted by Crippen LogP contribution is -2.12. The second kappa shape index (κ2) is 4.44. The van der Waals surface area contributed by atoms with Gasteiger partial charge in [0.25, 0.3) is 0 Å². The molecule has 0 saturated heterocycles. The quantitative estimate of drug-likeness (QED) is 0.897. The van der Waals surface area contributed by atoms with Crippen LogP contribution in [0.3, 0.4) is 0 Å². The van der Waals surface area contributed by atoms with Crippen LogP contribution in [0.2, 0.25) is 0 Å². The zero-order valence-corrected chi connectivity index (χ0v) is 11.6. The number of imidazole rings is 1. The summed E-state index contributed by atoms with van der Waals surface area (Å²) in [6, 6.07) is 6.04. The summed E-state index contributed by atoms with van der Waals surface area (Å²) >= 11 is 0. The van der Waals surface area contributed by atoms with E-state index in [2.05, 4.69) is 22.5 Å². The van der Waals surface area contributed by atoms with E-state index in [0.717, 1.165) is 23.3 Å². The van der Waals surface area contributed by atoms with Gasteiger partial charge in [0.1, 0.15) is 11.3 Å². The van der Waals surface area contributed by atoms with Crippen LogP contribution >= 0.6 is 0 Å². The third kappa shape index (κ3) is 2.05. The first-order chi connectivity index (χ1) is 9.19. The Balaban J connectivity index is 2.04. The Kier molecular flexibility index (Phi) is 2.88. The van der Waals surface area contributed by atoms with E-state index in [1.54, 1.807) is 0 Å². The molecule has 1 heterocycles. The van der Waals surface area contributed by atoms with Gasteiger partial charge in [-0.15, -0.1) is 0 Å². The van der Waals surface area contributed by atoms with Gasteiger partial charge in [-0.2, -0.15) is 0 Å². The highest BCUT2D eigenvalue weighted by Crippen LogP contribution is 2.50. The summed E-state index contributed by atoms with van der Waals surface area (Å²) in [5, 5.41) is 0. The first kappa shape index (κ1) is 12.3. The topological polar surface area (TPSA) is 53.1 Å². The van der Waals surface area contributed by atoms with Gasteiger partial charge >= 0.3 is 0 Å². The van der Waals surface area contributed by atoms with Gasteiger partial charge in [0.15, 0.2) is 0 Å². The normalized spacial score (nSPS) is 16.7. The van der Waals surface area contributed by atoms with Crippen LogP contribution in [-0.4, -0.2) is 16.2 Å². The highest BCUT2D eigenvalue weighted by Gasteiger charge is 2.41. The number of nitrogens with zero attached hydrogens (tertiary/aromatic N) is 2. The highest BCUT2D eigenvalue weighted by molar-refractivity contribution is 5.84. The molecule has 19 heavy (non-hydrogen) atoms. The first-order valence-electron chi connectivity index (χ1n) is 7.06. The molecule has 0 unspecified atom stereocenters. The molecule has 3 rings (SSSR count). The lowest BCUT2D eigenvalue weighted by Gasteiger charge is -2.15. The summed E-state index contributed by atoms with van der Waals surface area (Å²) in [6.45, 7) is 5.86. The Morgan fingerprint density at radius 2 is 2.16 bits per heavy atom. The second-order valence-corrected chi connectivity index (χ2v) is 5.47. The van der Waals surface area contributed by atoms with Crippen molar-refractivity contribution in [1.82, 2.24) is 9.55 Å². The zero-order chi connectivity index (χ0) is 13.5. The van der Waals surface area contributed by atoms with Crippen LogP contribution in [0.5, 0.6) is 5.75 Å². The fraction of sp³-hybridized carbons (Fsp3) is 0.533. The van der Waals surface area contributed by atoms with Crippen molar-refractivity contribution >= 4 is 17.0 Å². The third-order valence-corrected chi connectivity index (χ3v) is 4.27. The molecule has 4 heteroatoms. The minimum Gasteiger partial charge on any atom is -0.492 e. The van der Waals surface area contributed by atoms with E-state index < -0.39 is 0 Å². The number of rotatable bonds is 5. The van der Waals surface area contributed by atoms with Gasteiger partial charge in [-0.1, -0.05) is 13.0 Å². The van der Waals surface area contributed by atoms with Gasteiger partial charge in [-0.25, -0.2) is 4.98 Å². The van der Waals surface area contributed by atoms with Gasteiger partial charge < -0.3 is 15.0 Å². The maximum Gasteiger partial charge on any atom is 0.201 e. The maximum atomic E-state index is 6.10. The van der Waals surface area contributed by atoms with Gasteiger partial charge in [0.2, 0.25) is 5.95 Å². The van der Waals surface area contributed by atoms with E-state index in [1.807, 2.05) is 19.1 Å². The van der Waals surface area contributed by atoms with Crippen LogP contribution in [-0.2, 0) is 6.54 Å². The predicted molar refractivity (Wildman–Crippen MR) is 77.3 cm³/mol. The largest absolute Gasteiger partial charge is 0.492 e. The van der Waals surface area contributed by atoms with Crippen molar-refractivity contribution < 1.29 is 4.74 Å². The summed E-state index contributed by atoms with van der Waals surface area (Å²) in [7, 11) is 0. The summed E-state index contributed by atoms with van der Waals surface area (Å²) in [5.74, 6) is 1.42. The van der Waals surface area contributed by atoms with E-state index in [-0.39, 0.29) is 0 Å². The smallest absolute Gasteiger partial charge is 0.201 e. The van der Waals surface area contributed by atoms with Gasteiger partial charge in [0, 0.05) is 6.54 Å². The highest BCUT2D eigenvalue weighted by atomic mass is 16.5. The molecule has 1 aliphatic rings. The number of nitrogen functional groups attached to an aromatic ring is 1. The average Bonchev–Trinajstić information content (AvgIpc) is 3.12. The van der Waals surface area contributed by atoms with Crippen molar-refractivity contribution in [1.29, 1.82) is 0 Å². The number of para-hydroxylation sites is 1. The molecule has 1 aromatic heterocycles. The first-order valence-corrected chi connectivity index (χ1v) is 7.06. The Morgan fingerprint density at radius 1 is 1.37 bits per heavy atom. The van der Waals surface area contributed by atoms with Crippen molar-refractivity contribution in [3.8, 4) is 5.75 Å². The van der Waals surface area contributed by atoms with Crippen LogP contribution < -0.4 is 10.5 Å². The molecule has 0 bridgehead atoms. The molecule has 2 aromatic rings. The Labute approximate surface area is 113 Å². The fourth-order valence-electron chi connectivity index (χ4n) is 2.71. The Bertz CT molecular complexity index is 599. The molecule has 2 N–H and O–H groups in total. The number of benzene rings is 1. The molecule has 0 spiro atoms. The monoisotopic (exact) mass is 259 g/mol. The van der Waals surface area contributed by atoms with Crippen molar-refractivity contribution in [2.45, 2.75) is 39.7 Å². The number of nitrogens with two attached hydrogens (primary N) is 1.